The van der Waals surface area contributed by atoms with Gasteiger partial charge in [0, 0.05) is 22.3 Å². The van der Waals surface area contributed by atoms with E-state index in [1.807, 2.05) is 0 Å². The van der Waals surface area contributed by atoms with Crippen molar-refractivity contribution >= 4 is 19.8 Å². The molecule has 0 N–H and O–H groups in total. The summed E-state index contributed by atoms with van der Waals surface area (Å²) in [7, 11) is -1.58. The van der Waals surface area contributed by atoms with Crippen LogP contribution in [0.25, 0.3) is 0 Å². The first kappa shape index (κ1) is 20.0. The van der Waals surface area contributed by atoms with Crippen molar-refractivity contribution in [2.45, 2.75) is 63.8 Å². The molecule has 0 radical (unpaired) electrons. The van der Waals surface area contributed by atoms with Gasteiger partial charge in [-0.05, 0) is 23.6 Å². The molecule has 0 unspecified atom stereocenters. The third-order valence-electron chi connectivity index (χ3n) is 6.12. The summed E-state index contributed by atoms with van der Waals surface area (Å²) in [5.74, 6) is 4.53. The van der Waals surface area contributed by atoms with Gasteiger partial charge in [-0.1, -0.05) is 77.0 Å². The van der Waals surface area contributed by atoms with Gasteiger partial charge in [0.2, 0.25) is 5.12 Å². The standard InChI is InChI=1S/C22H32O2SSi/c1-7-13-21-15-23-22(24-16-21,25-17-21)19-10-8-18(9-11-19)12-14-26(5,6)20(2,3)4/h8-11H,7,13,15-17H2,1-6H3. The Kier molecular flexibility index (Phi) is 5.40. The van der Waals surface area contributed by atoms with Crippen LogP contribution in [0.2, 0.25) is 18.1 Å². The lowest BCUT2D eigenvalue weighted by Crippen LogP contribution is -2.53. The summed E-state index contributed by atoms with van der Waals surface area (Å²) in [5.41, 5.74) is 5.98. The maximum absolute atomic E-state index is 6.22. The van der Waals surface area contributed by atoms with Crippen molar-refractivity contribution in [3.8, 4) is 11.5 Å². The highest BCUT2D eigenvalue weighted by Gasteiger charge is 2.52. The van der Waals surface area contributed by atoms with E-state index in [-0.39, 0.29) is 10.5 Å². The van der Waals surface area contributed by atoms with Crippen LogP contribution in [0.1, 0.15) is 51.7 Å². The lowest BCUT2D eigenvalue weighted by atomic mass is 9.86. The summed E-state index contributed by atoms with van der Waals surface area (Å²) in [6.45, 7) is 15.4. The highest BCUT2D eigenvalue weighted by Crippen LogP contribution is 2.54. The Labute approximate surface area is 164 Å². The second-order valence-corrected chi connectivity index (χ2v) is 15.5. The first-order valence-corrected chi connectivity index (χ1v) is 13.7. The number of ether oxygens (including phenoxy) is 2. The van der Waals surface area contributed by atoms with Crippen LogP contribution in [0, 0.1) is 16.9 Å². The van der Waals surface area contributed by atoms with Gasteiger partial charge >= 0.3 is 0 Å². The average molecular weight is 389 g/mol. The number of fused-ring (bicyclic) bond motifs is 3. The lowest BCUT2D eigenvalue weighted by Gasteiger charge is -2.52. The summed E-state index contributed by atoms with van der Waals surface area (Å²) in [5, 5.41) is -0.326. The molecule has 142 valence electrons. The van der Waals surface area contributed by atoms with Gasteiger partial charge < -0.3 is 9.47 Å². The third-order valence-corrected chi connectivity index (χ3v) is 12.2. The summed E-state index contributed by atoms with van der Waals surface area (Å²) in [6.07, 6.45) is 2.36. The molecule has 0 aliphatic carbocycles. The summed E-state index contributed by atoms with van der Waals surface area (Å²) >= 11 is 1.81. The number of rotatable bonds is 3. The molecule has 2 nitrogen and oxygen atoms in total. The molecule has 3 aliphatic rings. The van der Waals surface area contributed by atoms with Crippen LogP contribution < -0.4 is 0 Å². The monoisotopic (exact) mass is 388 g/mol. The third kappa shape index (κ3) is 3.78. The highest BCUT2D eigenvalue weighted by atomic mass is 32.2. The minimum Gasteiger partial charge on any atom is -0.337 e. The van der Waals surface area contributed by atoms with Crippen molar-refractivity contribution in [1.29, 1.82) is 0 Å². The molecule has 4 rings (SSSR count). The molecule has 3 fully saturated rings. The Bertz CT molecular complexity index is 682. The Balaban J connectivity index is 1.74. The summed E-state index contributed by atoms with van der Waals surface area (Å²) in [6, 6.07) is 8.47. The minimum absolute atomic E-state index is 0.218. The molecule has 2 bridgehead atoms. The van der Waals surface area contributed by atoms with Crippen LogP contribution in [0.5, 0.6) is 0 Å². The molecule has 3 aliphatic heterocycles. The van der Waals surface area contributed by atoms with Crippen LogP contribution in [0.4, 0.5) is 0 Å². The fourth-order valence-corrected chi connectivity index (χ4v) is 5.39. The van der Waals surface area contributed by atoms with E-state index >= 15 is 0 Å². The van der Waals surface area contributed by atoms with Crippen LogP contribution >= 0.6 is 11.8 Å². The molecule has 0 atom stereocenters. The predicted octanol–water partition coefficient (Wildman–Crippen LogP) is 5.78. The van der Waals surface area contributed by atoms with Gasteiger partial charge in [0.05, 0.1) is 13.2 Å². The van der Waals surface area contributed by atoms with Gasteiger partial charge in [-0.3, -0.25) is 0 Å². The number of hydrogen-bond donors (Lipinski definition) is 0. The molecule has 0 saturated carbocycles. The highest BCUT2D eigenvalue weighted by molar-refractivity contribution is 8.00. The van der Waals surface area contributed by atoms with E-state index in [0.29, 0.717) is 0 Å². The second-order valence-electron chi connectivity index (χ2n) is 9.37. The number of benzene rings is 1. The minimum atomic E-state index is -1.58. The van der Waals surface area contributed by atoms with Crippen LogP contribution in [0.3, 0.4) is 0 Å². The molecule has 26 heavy (non-hydrogen) atoms. The normalized spacial score (nSPS) is 28.5. The summed E-state index contributed by atoms with van der Waals surface area (Å²) < 4.78 is 12.4. The van der Waals surface area contributed by atoms with Gasteiger partial charge in [0.15, 0.2) is 0 Å². The molecule has 1 aromatic carbocycles. The topological polar surface area (TPSA) is 18.5 Å². The van der Waals surface area contributed by atoms with Crippen LogP contribution in [-0.4, -0.2) is 27.0 Å². The zero-order valence-corrected chi connectivity index (χ0v) is 18.9. The Morgan fingerprint density at radius 1 is 1.12 bits per heavy atom. The molecule has 3 saturated heterocycles. The van der Waals surface area contributed by atoms with E-state index in [2.05, 4.69) is 76.5 Å². The van der Waals surface area contributed by atoms with Crippen molar-refractivity contribution in [2.24, 2.45) is 5.41 Å². The van der Waals surface area contributed by atoms with Crippen molar-refractivity contribution in [2.75, 3.05) is 19.0 Å². The van der Waals surface area contributed by atoms with Gasteiger partial charge in [0.25, 0.3) is 0 Å². The Morgan fingerprint density at radius 2 is 1.73 bits per heavy atom. The number of hydrogen-bond acceptors (Lipinski definition) is 3. The molecule has 0 amide bonds. The van der Waals surface area contributed by atoms with Gasteiger partial charge in [-0.2, -0.15) is 0 Å². The van der Waals surface area contributed by atoms with E-state index in [1.165, 1.54) is 12.8 Å². The summed E-state index contributed by atoms with van der Waals surface area (Å²) in [4.78, 5) is 0. The quantitative estimate of drug-likeness (QED) is 0.483. The molecule has 1 aromatic rings. The van der Waals surface area contributed by atoms with E-state index in [1.54, 1.807) is 11.8 Å². The van der Waals surface area contributed by atoms with E-state index in [0.717, 1.165) is 30.1 Å². The van der Waals surface area contributed by atoms with E-state index in [4.69, 9.17) is 9.47 Å². The first-order chi connectivity index (χ1) is 12.1. The smallest absolute Gasteiger partial charge is 0.245 e. The fraction of sp³-hybridized carbons (Fsp3) is 0.636. The lowest BCUT2D eigenvalue weighted by molar-refractivity contribution is -0.266. The second kappa shape index (κ2) is 7.02. The van der Waals surface area contributed by atoms with Crippen molar-refractivity contribution in [3.05, 3.63) is 35.4 Å². The van der Waals surface area contributed by atoms with Crippen molar-refractivity contribution < 1.29 is 9.47 Å². The van der Waals surface area contributed by atoms with Crippen LogP contribution in [0.15, 0.2) is 24.3 Å². The predicted molar refractivity (Wildman–Crippen MR) is 114 cm³/mol. The fourth-order valence-electron chi connectivity index (χ4n) is 3.16. The molecule has 3 heterocycles. The zero-order valence-electron chi connectivity index (χ0n) is 17.1. The van der Waals surface area contributed by atoms with Crippen molar-refractivity contribution in [3.63, 3.8) is 0 Å². The molecular formula is C22H32O2SSi. The molecule has 0 spiro atoms. The Morgan fingerprint density at radius 3 is 2.19 bits per heavy atom. The maximum atomic E-state index is 6.22. The average Bonchev–Trinajstić information content (AvgIpc) is 2.61. The first-order valence-electron chi connectivity index (χ1n) is 9.67. The van der Waals surface area contributed by atoms with Gasteiger partial charge in [-0.15, -0.1) is 5.54 Å². The largest absolute Gasteiger partial charge is 0.337 e. The SMILES string of the molecule is CCCC12COC(c3ccc(C#C[Si](C)(C)C(C)(C)C)cc3)(OC1)SC2. The van der Waals surface area contributed by atoms with Gasteiger partial charge in [0.1, 0.15) is 8.07 Å². The van der Waals surface area contributed by atoms with E-state index in [9.17, 15) is 0 Å². The number of thioether (sulfide) groups is 1. The maximum Gasteiger partial charge on any atom is 0.245 e. The Hall–Kier alpha value is -0.733. The van der Waals surface area contributed by atoms with Crippen LogP contribution in [-0.2, 0) is 14.6 Å². The zero-order chi connectivity index (χ0) is 19.1. The molecule has 0 aromatic heterocycles. The van der Waals surface area contributed by atoms with Gasteiger partial charge in [-0.25, -0.2) is 0 Å². The molecule has 4 heteroatoms. The van der Waals surface area contributed by atoms with E-state index < -0.39 is 13.2 Å². The molecular weight excluding hydrogens is 356 g/mol. The van der Waals surface area contributed by atoms with Crippen molar-refractivity contribution in [1.82, 2.24) is 0 Å².